The SMILES string of the molecule is CC.CPc1c(Cl)c(=NCC2CCCCC2)cnn1-c1ccc(OC2CCNCC2)cc1. The molecule has 1 saturated heterocycles. The Kier molecular flexibility index (Phi) is 10.5. The van der Waals surface area contributed by atoms with Gasteiger partial charge in [0.2, 0.25) is 0 Å². The number of nitrogens with one attached hydrogen (secondary N) is 1. The molecule has 1 aromatic heterocycles. The van der Waals surface area contributed by atoms with Crippen molar-refractivity contribution in [1.29, 1.82) is 0 Å². The molecule has 2 aliphatic rings. The van der Waals surface area contributed by atoms with Crippen molar-refractivity contribution in [3.63, 3.8) is 0 Å². The lowest BCUT2D eigenvalue weighted by Crippen LogP contribution is -2.34. The van der Waals surface area contributed by atoms with Crippen LogP contribution in [0.2, 0.25) is 5.02 Å². The molecule has 1 aromatic carbocycles. The molecule has 1 unspecified atom stereocenters. The highest BCUT2D eigenvalue weighted by Gasteiger charge is 2.16. The van der Waals surface area contributed by atoms with Crippen LogP contribution in [-0.4, -0.2) is 42.2 Å². The number of halogens is 1. The number of benzene rings is 1. The second-order valence-corrected chi connectivity index (χ2v) is 9.61. The molecule has 4 rings (SSSR count). The molecule has 0 radical (unpaired) electrons. The van der Waals surface area contributed by atoms with Crippen LogP contribution in [0.25, 0.3) is 5.69 Å². The van der Waals surface area contributed by atoms with Gasteiger partial charge in [-0.25, -0.2) is 4.68 Å². The number of piperidine rings is 1. The molecule has 5 nitrogen and oxygen atoms in total. The van der Waals surface area contributed by atoms with Crippen LogP contribution in [0.4, 0.5) is 0 Å². The van der Waals surface area contributed by atoms with Gasteiger partial charge >= 0.3 is 0 Å². The zero-order chi connectivity index (χ0) is 22.8. The molecule has 2 aromatic rings. The Morgan fingerprint density at radius 3 is 2.44 bits per heavy atom. The summed E-state index contributed by atoms with van der Waals surface area (Å²) in [6.45, 7) is 9.05. The molecule has 2 fully saturated rings. The number of hydrogen-bond acceptors (Lipinski definition) is 4. The third-order valence-electron chi connectivity index (χ3n) is 6.09. The fraction of sp³-hybridized carbons (Fsp3) is 0.600. The van der Waals surface area contributed by atoms with Gasteiger partial charge in [-0.2, -0.15) is 5.10 Å². The third kappa shape index (κ3) is 6.79. The third-order valence-corrected chi connectivity index (χ3v) is 7.56. The lowest BCUT2D eigenvalue weighted by molar-refractivity contribution is 0.162. The summed E-state index contributed by atoms with van der Waals surface area (Å²) in [4.78, 5) is 4.82. The molecule has 0 spiro atoms. The first kappa shape index (κ1) is 25.2. The van der Waals surface area contributed by atoms with Crippen molar-refractivity contribution in [2.24, 2.45) is 10.9 Å². The maximum absolute atomic E-state index is 6.76. The van der Waals surface area contributed by atoms with Gasteiger partial charge in [0.05, 0.1) is 27.7 Å². The number of nitrogens with zero attached hydrogens (tertiary/aromatic N) is 3. The van der Waals surface area contributed by atoms with Crippen molar-refractivity contribution in [3.05, 3.63) is 40.8 Å². The average Bonchev–Trinajstić information content (AvgIpc) is 2.86. The largest absolute Gasteiger partial charge is 0.490 e. The number of ether oxygens (including phenoxy) is 1. The van der Waals surface area contributed by atoms with E-state index in [1.807, 2.05) is 36.9 Å². The van der Waals surface area contributed by atoms with E-state index in [-0.39, 0.29) is 0 Å². The Bertz CT molecular complexity index is 888. The molecule has 7 heteroatoms. The van der Waals surface area contributed by atoms with Crippen molar-refractivity contribution in [1.82, 2.24) is 15.1 Å². The topological polar surface area (TPSA) is 51.4 Å². The minimum absolute atomic E-state index is 0.301. The van der Waals surface area contributed by atoms with Crippen LogP contribution in [0, 0.1) is 5.92 Å². The first-order chi connectivity index (χ1) is 15.7. The smallest absolute Gasteiger partial charge is 0.119 e. The predicted molar refractivity (Wildman–Crippen MR) is 137 cm³/mol. The van der Waals surface area contributed by atoms with Gasteiger partial charge in [0.15, 0.2) is 0 Å². The highest BCUT2D eigenvalue weighted by molar-refractivity contribution is 7.46. The Balaban J connectivity index is 0.00000141. The maximum atomic E-state index is 6.76. The van der Waals surface area contributed by atoms with Crippen LogP contribution >= 0.6 is 20.2 Å². The molecule has 1 atom stereocenters. The molecule has 2 heterocycles. The fourth-order valence-corrected chi connectivity index (χ4v) is 5.55. The lowest BCUT2D eigenvalue weighted by atomic mass is 9.89. The summed E-state index contributed by atoms with van der Waals surface area (Å²) < 4.78 is 8.07. The van der Waals surface area contributed by atoms with Crippen LogP contribution in [0.1, 0.15) is 58.8 Å². The Morgan fingerprint density at radius 2 is 1.78 bits per heavy atom. The van der Waals surface area contributed by atoms with E-state index in [2.05, 4.69) is 29.2 Å². The standard InChI is InChI=1S/C23H32ClN4OP.C2H6/c1-30-23-22(24)21(26-15-17-5-3-2-4-6-17)16-27-28(23)18-7-9-19(10-8-18)29-20-11-13-25-14-12-20;1-2/h7-10,16-17,20,25,30H,2-6,11-15H2,1H3;1-2H3. The zero-order valence-corrected chi connectivity index (χ0v) is 21.5. The summed E-state index contributed by atoms with van der Waals surface area (Å²) in [5.41, 5.74) is 2.02. The molecule has 0 amide bonds. The molecule has 176 valence electrons. The van der Waals surface area contributed by atoms with Crippen LogP contribution in [-0.2, 0) is 0 Å². The van der Waals surface area contributed by atoms with Gasteiger partial charge in [-0.1, -0.05) is 53.3 Å². The van der Waals surface area contributed by atoms with E-state index in [0.29, 0.717) is 20.6 Å². The maximum Gasteiger partial charge on any atom is 0.119 e. The summed E-state index contributed by atoms with van der Waals surface area (Å²) in [5.74, 6) is 1.61. The first-order valence-corrected chi connectivity index (χ1v) is 14.1. The zero-order valence-electron chi connectivity index (χ0n) is 19.7. The Labute approximate surface area is 199 Å². The monoisotopic (exact) mass is 476 g/mol. The minimum atomic E-state index is 0.301. The molecule has 1 N–H and O–H groups in total. The average molecular weight is 477 g/mol. The fourth-order valence-electron chi connectivity index (χ4n) is 4.33. The highest BCUT2D eigenvalue weighted by Crippen LogP contribution is 2.24. The molecule has 0 bridgehead atoms. The number of aromatic nitrogens is 2. The summed E-state index contributed by atoms with van der Waals surface area (Å²) in [7, 11) is 0.532. The van der Waals surface area contributed by atoms with Gasteiger partial charge in [0.1, 0.15) is 11.9 Å². The van der Waals surface area contributed by atoms with Crippen LogP contribution < -0.4 is 20.8 Å². The van der Waals surface area contributed by atoms with Crippen molar-refractivity contribution in [2.75, 3.05) is 26.3 Å². The van der Waals surface area contributed by atoms with Gasteiger partial charge in [0.25, 0.3) is 0 Å². The van der Waals surface area contributed by atoms with E-state index in [9.17, 15) is 0 Å². The van der Waals surface area contributed by atoms with Gasteiger partial charge in [-0.15, -0.1) is 0 Å². The van der Waals surface area contributed by atoms with Crippen molar-refractivity contribution in [2.45, 2.75) is 64.9 Å². The molecular formula is C25H38ClN4OP. The van der Waals surface area contributed by atoms with Crippen molar-refractivity contribution < 1.29 is 4.74 Å². The molecule has 1 aliphatic carbocycles. The molecule has 1 saturated carbocycles. The second kappa shape index (κ2) is 13.3. The van der Waals surface area contributed by atoms with Gasteiger partial charge in [0, 0.05) is 6.54 Å². The van der Waals surface area contributed by atoms with E-state index < -0.39 is 0 Å². The van der Waals surface area contributed by atoms with E-state index in [4.69, 9.17) is 21.3 Å². The Morgan fingerprint density at radius 1 is 1.09 bits per heavy atom. The van der Waals surface area contributed by atoms with E-state index in [0.717, 1.165) is 59.7 Å². The first-order valence-electron chi connectivity index (χ1n) is 12.2. The Hall–Kier alpha value is -1.42. The van der Waals surface area contributed by atoms with Crippen molar-refractivity contribution >= 4 is 25.6 Å². The van der Waals surface area contributed by atoms with Crippen LogP contribution in [0.5, 0.6) is 5.75 Å². The van der Waals surface area contributed by atoms with Gasteiger partial charge in [-0.3, -0.25) is 4.99 Å². The van der Waals surface area contributed by atoms with E-state index in [1.165, 1.54) is 32.1 Å². The van der Waals surface area contributed by atoms with Crippen molar-refractivity contribution in [3.8, 4) is 11.4 Å². The minimum Gasteiger partial charge on any atom is -0.490 e. The lowest BCUT2D eigenvalue weighted by Gasteiger charge is -2.24. The summed E-state index contributed by atoms with van der Waals surface area (Å²) in [6.07, 6.45) is 10.8. The predicted octanol–water partition coefficient (Wildman–Crippen LogP) is 5.10. The second-order valence-electron chi connectivity index (χ2n) is 8.26. The highest BCUT2D eigenvalue weighted by atomic mass is 35.5. The van der Waals surface area contributed by atoms with Crippen LogP contribution in [0.15, 0.2) is 35.5 Å². The van der Waals surface area contributed by atoms with Gasteiger partial charge in [-0.05, 0) is 75.6 Å². The number of rotatable bonds is 6. The van der Waals surface area contributed by atoms with E-state index in [1.54, 1.807) is 0 Å². The molecule has 1 aliphatic heterocycles. The van der Waals surface area contributed by atoms with Gasteiger partial charge < -0.3 is 10.1 Å². The summed E-state index contributed by atoms with van der Waals surface area (Å²) in [5, 5.41) is 9.62. The van der Waals surface area contributed by atoms with E-state index >= 15 is 0 Å². The van der Waals surface area contributed by atoms with Crippen LogP contribution in [0.3, 0.4) is 0 Å². The summed E-state index contributed by atoms with van der Waals surface area (Å²) in [6, 6.07) is 8.18. The summed E-state index contributed by atoms with van der Waals surface area (Å²) >= 11 is 6.76. The molecular weight excluding hydrogens is 439 g/mol. The normalized spacial score (nSPS) is 18.6. The quantitative estimate of drug-likeness (QED) is 0.590. The number of hydrogen-bond donors (Lipinski definition) is 1. The molecule has 32 heavy (non-hydrogen) atoms.